The number of nitrogens with zero attached hydrogens (tertiary/aromatic N) is 2. The quantitative estimate of drug-likeness (QED) is 0.854. The monoisotopic (exact) mass is 377 g/mol. The largest absolute Gasteiger partial charge is 0.444 e. The van der Waals surface area contributed by atoms with Crippen molar-refractivity contribution in [1.29, 1.82) is 0 Å². The molecule has 2 heterocycles. The third-order valence-corrected chi connectivity index (χ3v) is 4.68. The van der Waals surface area contributed by atoms with E-state index in [9.17, 15) is 9.59 Å². The molecule has 0 radical (unpaired) electrons. The minimum absolute atomic E-state index is 0.0289. The second kappa shape index (κ2) is 8.36. The zero-order chi connectivity index (χ0) is 20.2. The van der Waals surface area contributed by atoms with Crippen molar-refractivity contribution in [2.24, 2.45) is 5.41 Å². The second-order valence-corrected chi connectivity index (χ2v) is 9.57. The number of carbonyl (C=O) groups is 2. The van der Waals surface area contributed by atoms with Gasteiger partial charge in [-0.25, -0.2) is 4.79 Å². The number of carbonyl (C=O) groups excluding carboxylic acids is 2. The van der Waals surface area contributed by atoms with E-state index in [1.807, 2.05) is 39.1 Å². The summed E-state index contributed by atoms with van der Waals surface area (Å²) in [4.78, 5) is 26.5. The molecule has 0 aliphatic carbocycles. The summed E-state index contributed by atoms with van der Waals surface area (Å²) in [5.41, 5.74) is 0.413. The highest BCUT2D eigenvalue weighted by atomic mass is 16.6. The molecular formula is C21H35N3O3. The lowest BCUT2D eigenvalue weighted by Gasteiger charge is -2.34. The molecule has 0 bridgehead atoms. The van der Waals surface area contributed by atoms with Crippen molar-refractivity contribution < 1.29 is 14.3 Å². The van der Waals surface area contributed by atoms with Crippen LogP contribution >= 0.6 is 0 Å². The van der Waals surface area contributed by atoms with Gasteiger partial charge in [0.15, 0.2) is 0 Å². The highest BCUT2D eigenvalue weighted by Crippen LogP contribution is 2.26. The molecule has 0 aromatic carbocycles. The Morgan fingerprint density at radius 1 is 1.15 bits per heavy atom. The first-order chi connectivity index (χ1) is 12.5. The Balaban J connectivity index is 1.91. The SMILES string of the molecule is CC(C)(C)CCNC(=O)c1cccn1C1CCN(C(=O)OC(C)(C)C)CC1. The third kappa shape index (κ3) is 6.60. The minimum Gasteiger partial charge on any atom is -0.444 e. The number of rotatable bonds is 4. The fourth-order valence-corrected chi connectivity index (χ4v) is 3.20. The Labute approximate surface area is 163 Å². The normalized spacial score (nSPS) is 16.3. The number of amides is 2. The van der Waals surface area contributed by atoms with Gasteiger partial charge < -0.3 is 19.5 Å². The summed E-state index contributed by atoms with van der Waals surface area (Å²) < 4.78 is 7.51. The molecule has 0 spiro atoms. The summed E-state index contributed by atoms with van der Waals surface area (Å²) in [7, 11) is 0. The molecule has 1 aliphatic heterocycles. The zero-order valence-corrected chi connectivity index (χ0v) is 17.7. The number of hydrogen-bond acceptors (Lipinski definition) is 3. The van der Waals surface area contributed by atoms with Gasteiger partial charge in [0.2, 0.25) is 0 Å². The summed E-state index contributed by atoms with van der Waals surface area (Å²) in [6, 6.07) is 4.01. The molecule has 0 atom stereocenters. The summed E-state index contributed by atoms with van der Waals surface area (Å²) in [6.07, 6.45) is 4.28. The van der Waals surface area contributed by atoms with Crippen molar-refractivity contribution in [3.05, 3.63) is 24.0 Å². The first kappa shape index (κ1) is 21.3. The van der Waals surface area contributed by atoms with Gasteiger partial charge >= 0.3 is 6.09 Å². The van der Waals surface area contributed by atoms with E-state index in [-0.39, 0.29) is 23.5 Å². The maximum Gasteiger partial charge on any atom is 0.410 e. The van der Waals surface area contributed by atoms with Gasteiger partial charge in [-0.2, -0.15) is 0 Å². The van der Waals surface area contributed by atoms with Crippen LogP contribution in [0.5, 0.6) is 0 Å². The van der Waals surface area contributed by atoms with Crippen LogP contribution < -0.4 is 5.32 Å². The van der Waals surface area contributed by atoms with Crippen LogP contribution in [0, 0.1) is 5.41 Å². The number of aromatic nitrogens is 1. The van der Waals surface area contributed by atoms with E-state index in [1.54, 1.807) is 4.90 Å². The molecule has 1 aromatic rings. The highest BCUT2D eigenvalue weighted by Gasteiger charge is 2.28. The van der Waals surface area contributed by atoms with Crippen LogP contribution in [0.3, 0.4) is 0 Å². The van der Waals surface area contributed by atoms with Crippen LogP contribution in [0.15, 0.2) is 18.3 Å². The molecule has 6 nitrogen and oxygen atoms in total. The van der Waals surface area contributed by atoms with Gasteiger partial charge in [-0.15, -0.1) is 0 Å². The Kier molecular flexibility index (Phi) is 6.60. The van der Waals surface area contributed by atoms with Gasteiger partial charge in [-0.1, -0.05) is 20.8 Å². The average Bonchev–Trinajstić information content (AvgIpc) is 3.01. The maximum absolute atomic E-state index is 12.6. The molecular weight excluding hydrogens is 342 g/mol. The molecule has 6 heteroatoms. The van der Waals surface area contributed by atoms with E-state index in [4.69, 9.17) is 4.74 Å². The van der Waals surface area contributed by atoms with E-state index in [0.717, 1.165) is 19.3 Å². The highest BCUT2D eigenvalue weighted by molar-refractivity contribution is 5.92. The zero-order valence-electron chi connectivity index (χ0n) is 17.7. The molecule has 1 saturated heterocycles. The molecule has 27 heavy (non-hydrogen) atoms. The standard InChI is InChI=1S/C21H35N3O3/c1-20(2,3)11-12-22-18(25)17-8-7-13-24(17)16-9-14-23(15-10-16)19(26)27-21(4,5)6/h7-8,13,16H,9-12,14-15H2,1-6H3,(H,22,25). The topological polar surface area (TPSA) is 63.6 Å². The molecule has 2 rings (SSSR count). The molecule has 1 aromatic heterocycles. The fourth-order valence-electron chi connectivity index (χ4n) is 3.20. The smallest absolute Gasteiger partial charge is 0.410 e. The van der Waals surface area contributed by atoms with Crippen LogP contribution in [0.4, 0.5) is 4.79 Å². The average molecular weight is 378 g/mol. The Morgan fingerprint density at radius 2 is 1.78 bits per heavy atom. The van der Waals surface area contributed by atoms with E-state index in [2.05, 4.69) is 30.7 Å². The van der Waals surface area contributed by atoms with Crippen molar-refractivity contribution in [1.82, 2.24) is 14.8 Å². The molecule has 1 N–H and O–H groups in total. The minimum atomic E-state index is -0.479. The lowest BCUT2D eigenvalue weighted by Crippen LogP contribution is -2.42. The molecule has 2 amide bonds. The van der Waals surface area contributed by atoms with Crippen molar-refractivity contribution >= 4 is 12.0 Å². The lowest BCUT2D eigenvalue weighted by molar-refractivity contribution is 0.0187. The second-order valence-electron chi connectivity index (χ2n) is 9.57. The van der Waals surface area contributed by atoms with Crippen LogP contribution in [-0.4, -0.2) is 46.7 Å². The van der Waals surface area contributed by atoms with Crippen molar-refractivity contribution in [2.75, 3.05) is 19.6 Å². The van der Waals surface area contributed by atoms with Gasteiger partial charge in [-0.05, 0) is 57.6 Å². The molecule has 1 aliphatic rings. The summed E-state index contributed by atoms with van der Waals surface area (Å²) in [5, 5.41) is 3.03. The molecule has 0 unspecified atom stereocenters. The number of ether oxygens (including phenoxy) is 1. The van der Waals surface area contributed by atoms with E-state index < -0.39 is 5.60 Å². The molecule has 0 saturated carbocycles. The Hall–Kier alpha value is -1.98. The number of hydrogen-bond donors (Lipinski definition) is 1. The van der Waals surface area contributed by atoms with Crippen LogP contribution in [0.1, 0.15) is 77.3 Å². The molecule has 152 valence electrons. The summed E-state index contributed by atoms with van der Waals surface area (Å²) in [6.45, 7) is 14.1. The van der Waals surface area contributed by atoms with Gasteiger partial charge in [0.1, 0.15) is 11.3 Å². The van der Waals surface area contributed by atoms with E-state index in [1.165, 1.54) is 0 Å². The van der Waals surface area contributed by atoms with E-state index >= 15 is 0 Å². The summed E-state index contributed by atoms with van der Waals surface area (Å²) in [5.74, 6) is -0.0289. The van der Waals surface area contributed by atoms with Gasteiger partial charge in [0.05, 0.1) is 0 Å². The van der Waals surface area contributed by atoms with Gasteiger partial charge in [-0.3, -0.25) is 4.79 Å². The van der Waals surface area contributed by atoms with Crippen LogP contribution in [-0.2, 0) is 4.74 Å². The van der Waals surface area contributed by atoms with Crippen molar-refractivity contribution in [3.8, 4) is 0 Å². The number of likely N-dealkylation sites (tertiary alicyclic amines) is 1. The number of nitrogens with one attached hydrogen (secondary N) is 1. The van der Waals surface area contributed by atoms with Crippen molar-refractivity contribution in [2.45, 2.75) is 72.4 Å². The predicted molar refractivity (Wildman–Crippen MR) is 107 cm³/mol. The van der Waals surface area contributed by atoms with Crippen LogP contribution in [0.2, 0.25) is 0 Å². The van der Waals surface area contributed by atoms with Crippen molar-refractivity contribution in [3.63, 3.8) is 0 Å². The Morgan fingerprint density at radius 3 is 2.33 bits per heavy atom. The third-order valence-electron chi connectivity index (χ3n) is 4.68. The van der Waals surface area contributed by atoms with Crippen LogP contribution in [0.25, 0.3) is 0 Å². The lowest BCUT2D eigenvalue weighted by atomic mass is 9.92. The Bertz CT molecular complexity index is 644. The fraction of sp³-hybridized carbons (Fsp3) is 0.714. The predicted octanol–water partition coefficient (Wildman–Crippen LogP) is 4.23. The van der Waals surface area contributed by atoms with Gasteiger partial charge in [0, 0.05) is 31.9 Å². The first-order valence-corrected chi connectivity index (χ1v) is 9.89. The first-order valence-electron chi connectivity index (χ1n) is 9.89. The number of piperidine rings is 1. The van der Waals surface area contributed by atoms with Gasteiger partial charge in [0.25, 0.3) is 5.91 Å². The van der Waals surface area contributed by atoms with E-state index in [0.29, 0.717) is 25.3 Å². The maximum atomic E-state index is 12.6. The summed E-state index contributed by atoms with van der Waals surface area (Å²) >= 11 is 0. The molecule has 1 fully saturated rings.